The van der Waals surface area contributed by atoms with Crippen LogP contribution >= 0.6 is 11.6 Å². The molecule has 1 aromatic carbocycles. The Morgan fingerprint density at radius 3 is 2.69 bits per heavy atom. The number of benzene rings is 1. The fraction of sp³-hybridized carbons (Fsp3) is 0.250. The Balaban J connectivity index is 2.45. The molecule has 3 nitrogen and oxygen atoms in total. The second-order valence-corrected chi connectivity index (χ2v) is 4.24. The average Bonchev–Trinajstić information content (AvgIpc) is 2.74. The number of aromatic nitrogens is 2. The van der Waals surface area contributed by atoms with Gasteiger partial charge < -0.3 is 10.3 Å². The third-order valence-corrected chi connectivity index (χ3v) is 2.91. The number of hydrogen-bond donors (Lipinski definition) is 1. The van der Waals surface area contributed by atoms with E-state index in [0.29, 0.717) is 0 Å². The zero-order chi connectivity index (χ0) is 11.5. The highest BCUT2D eigenvalue weighted by Crippen LogP contribution is 2.27. The third-order valence-electron chi connectivity index (χ3n) is 2.57. The Kier molecular flexibility index (Phi) is 3.27. The smallest absolute Gasteiger partial charge is 0.0952 e. The third kappa shape index (κ3) is 2.10. The molecular formula is C12H14ClN3. The molecule has 0 bridgehead atoms. The molecule has 1 aromatic heterocycles. The van der Waals surface area contributed by atoms with Crippen LogP contribution in [0.4, 0.5) is 0 Å². The highest BCUT2D eigenvalue weighted by molar-refractivity contribution is 6.31. The Labute approximate surface area is 99.9 Å². The highest BCUT2D eigenvalue weighted by atomic mass is 35.5. The van der Waals surface area contributed by atoms with Gasteiger partial charge in [0.05, 0.1) is 12.4 Å². The maximum atomic E-state index is 6.19. The number of nitrogens with zero attached hydrogens (tertiary/aromatic N) is 2. The van der Waals surface area contributed by atoms with Crippen molar-refractivity contribution in [2.75, 3.05) is 0 Å². The molecule has 0 aliphatic rings. The van der Waals surface area contributed by atoms with Crippen LogP contribution in [-0.2, 0) is 0 Å². The lowest BCUT2D eigenvalue weighted by atomic mass is 10.0. The summed E-state index contributed by atoms with van der Waals surface area (Å²) in [6, 6.07) is 7.75. The van der Waals surface area contributed by atoms with E-state index in [0.717, 1.165) is 10.6 Å². The van der Waals surface area contributed by atoms with Crippen molar-refractivity contribution in [3.8, 4) is 0 Å². The van der Waals surface area contributed by atoms with Gasteiger partial charge in [0.2, 0.25) is 0 Å². The predicted molar refractivity (Wildman–Crippen MR) is 65.5 cm³/mol. The summed E-state index contributed by atoms with van der Waals surface area (Å²) in [5.41, 5.74) is 7.05. The monoisotopic (exact) mass is 235 g/mol. The topological polar surface area (TPSA) is 43.8 Å². The van der Waals surface area contributed by atoms with E-state index in [1.54, 1.807) is 12.5 Å². The molecule has 0 aliphatic carbocycles. The molecule has 0 amide bonds. The minimum absolute atomic E-state index is 0.0243. The van der Waals surface area contributed by atoms with Crippen molar-refractivity contribution in [3.05, 3.63) is 53.6 Å². The van der Waals surface area contributed by atoms with Crippen molar-refractivity contribution < 1.29 is 0 Å². The Hall–Kier alpha value is -1.32. The first-order valence-corrected chi connectivity index (χ1v) is 5.55. The second-order valence-electron chi connectivity index (χ2n) is 3.84. The van der Waals surface area contributed by atoms with Gasteiger partial charge in [-0.05, 0) is 18.6 Å². The van der Waals surface area contributed by atoms with Crippen LogP contribution in [0.15, 0.2) is 43.0 Å². The van der Waals surface area contributed by atoms with E-state index >= 15 is 0 Å². The summed E-state index contributed by atoms with van der Waals surface area (Å²) in [4.78, 5) is 4.04. The largest absolute Gasteiger partial charge is 0.328 e. The number of nitrogens with two attached hydrogens (primary N) is 1. The van der Waals surface area contributed by atoms with E-state index in [1.165, 1.54) is 0 Å². The zero-order valence-corrected chi connectivity index (χ0v) is 9.80. The number of hydrogen-bond acceptors (Lipinski definition) is 2. The minimum Gasteiger partial charge on any atom is -0.328 e. The van der Waals surface area contributed by atoms with Crippen LogP contribution in [0.1, 0.15) is 18.5 Å². The van der Waals surface area contributed by atoms with Gasteiger partial charge in [-0.15, -0.1) is 0 Å². The standard InChI is InChI=1S/C12H14ClN3/c1-9(14)12(16-7-6-15-8-16)10-4-2-3-5-11(10)13/h2-9,12H,14H2,1H3. The Morgan fingerprint density at radius 1 is 1.38 bits per heavy atom. The molecule has 2 atom stereocenters. The first-order chi connectivity index (χ1) is 7.70. The van der Waals surface area contributed by atoms with Crippen molar-refractivity contribution in [2.45, 2.75) is 19.0 Å². The van der Waals surface area contributed by atoms with Crippen molar-refractivity contribution in [3.63, 3.8) is 0 Å². The van der Waals surface area contributed by atoms with Crippen molar-refractivity contribution in [1.82, 2.24) is 9.55 Å². The average molecular weight is 236 g/mol. The minimum atomic E-state index is -0.0332. The van der Waals surface area contributed by atoms with Gasteiger partial charge in [0, 0.05) is 23.5 Å². The van der Waals surface area contributed by atoms with E-state index in [-0.39, 0.29) is 12.1 Å². The molecule has 0 saturated carbocycles. The van der Waals surface area contributed by atoms with Crippen molar-refractivity contribution in [2.24, 2.45) is 5.73 Å². The molecule has 0 fully saturated rings. The van der Waals surface area contributed by atoms with E-state index in [1.807, 2.05) is 42.0 Å². The summed E-state index contributed by atoms with van der Waals surface area (Å²) in [5.74, 6) is 0. The highest BCUT2D eigenvalue weighted by Gasteiger charge is 2.19. The molecule has 0 radical (unpaired) electrons. The van der Waals surface area contributed by atoms with Gasteiger partial charge in [0.1, 0.15) is 0 Å². The molecule has 0 spiro atoms. The van der Waals surface area contributed by atoms with Crippen LogP contribution in [0.2, 0.25) is 5.02 Å². The van der Waals surface area contributed by atoms with Crippen molar-refractivity contribution in [1.29, 1.82) is 0 Å². The summed E-state index contributed by atoms with van der Waals surface area (Å²) in [5, 5.41) is 0.735. The van der Waals surface area contributed by atoms with Crippen LogP contribution in [0, 0.1) is 0 Å². The van der Waals surface area contributed by atoms with Gasteiger partial charge in [-0.2, -0.15) is 0 Å². The molecule has 2 rings (SSSR count). The van der Waals surface area contributed by atoms with Crippen molar-refractivity contribution >= 4 is 11.6 Å². The quantitative estimate of drug-likeness (QED) is 0.888. The van der Waals surface area contributed by atoms with Gasteiger partial charge in [0.25, 0.3) is 0 Å². The molecule has 16 heavy (non-hydrogen) atoms. The molecule has 2 unspecified atom stereocenters. The van der Waals surface area contributed by atoms with Gasteiger partial charge in [-0.25, -0.2) is 4.98 Å². The van der Waals surface area contributed by atoms with E-state index < -0.39 is 0 Å². The maximum Gasteiger partial charge on any atom is 0.0952 e. The molecule has 2 N–H and O–H groups in total. The van der Waals surface area contributed by atoms with Gasteiger partial charge in [-0.3, -0.25) is 0 Å². The van der Waals surface area contributed by atoms with E-state index in [9.17, 15) is 0 Å². The summed E-state index contributed by atoms with van der Waals surface area (Å²) in [6.07, 6.45) is 5.40. The van der Waals surface area contributed by atoms with Gasteiger partial charge >= 0.3 is 0 Å². The molecule has 1 heterocycles. The summed E-state index contributed by atoms with van der Waals surface area (Å²) >= 11 is 6.19. The molecular weight excluding hydrogens is 222 g/mol. The lowest BCUT2D eigenvalue weighted by Crippen LogP contribution is -2.29. The Bertz CT molecular complexity index is 451. The van der Waals surface area contributed by atoms with Crippen LogP contribution < -0.4 is 5.73 Å². The van der Waals surface area contributed by atoms with Crippen LogP contribution in [0.5, 0.6) is 0 Å². The number of halogens is 1. The normalized spacial score (nSPS) is 14.7. The summed E-state index contributed by atoms with van der Waals surface area (Å²) < 4.78 is 1.98. The SMILES string of the molecule is CC(N)C(c1ccccc1Cl)n1ccnc1. The zero-order valence-electron chi connectivity index (χ0n) is 9.05. The summed E-state index contributed by atoms with van der Waals surface area (Å²) in [7, 11) is 0. The fourth-order valence-corrected chi connectivity index (χ4v) is 2.11. The van der Waals surface area contributed by atoms with E-state index in [2.05, 4.69) is 4.98 Å². The lowest BCUT2D eigenvalue weighted by Gasteiger charge is -2.23. The molecule has 84 valence electrons. The maximum absolute atomic E-state index is 6.19. The lowest BCUT2D eigenvalue weighted by molar-refractivity contribution is 0.496. The first-order valence-electron chi connectivity index (χ1n) is 5.17. The second kappa shape index (κ2) is 4.68. The number of imidazole rings is 1. The fourth-order valence-electron chi connectivity index (χ4n) is 1.86. The van der Waals surface area contributed by atoms with E-state index in [4.69, 9.17) is 17.3 Å². The van der Waals surface area contributed by atoms with Crippen LogP contribution in [-0.4, -0.2) is 15.6 Å². The molecule has 2 aromatic rings. The van der Waals surface area contributed by atoms with Gasteiger partial charge in [-0.1, -0.05) is 29.8 Å². The molecule has 0 saturated heterocycles. The summed E-state index contributed by atoms with van der Waals surface area (Å²) in [6.45, 7) is 1.97. The predicted octanol–water partition coefficient (Wildman–Crippen LogP) is 2.47. The van der Waals surface area contributed by atoms with Crippen LogP contribution in [0.25, 0.3) is 0 Å². The first kappa shape index (κ1) is 11.2. The Morgan fingerprint density at radius 2 is 2.12 bits per heavy atom. The molecule has 4 heteroatoms. The van der Waals surface area contributed by atoms with Crippen LogP contribution in [0.3, 0.4) is 0 Å². The van der Waals surface area contributed by atoms with Gasteiger partial charge in [0.15, 0.2) is 0 Å². The molecule has 0 aliphatic heterocycles. The number of rotatable bonds is 3.